The zero-order chi connectivity index (χ0) is 24.1. The number of nitrogens with zero attached hydrogens (tertiary/aromatic N) is 7. The van der Waals surface area contributed by atoms with E-state index in [2.05, 4.69) is 42.6 Å². The maximum Gasteiger partial charge on any atom is 0.224 e. The van der Waals surface area contributed by atoms with Gasteiger partial charge in [0, 0.05) is 23.6 Å². The number of nitrogens with one attached hydrogen (secondary N) is 1. The van der Waals surface area contributed by atoms with E-state index < -0.39 is 0 Å². The van der Waals surface area contributed by atoms with E-state index in [-0.39, 0.29) is 5.54 Å². The van der Waals surface area contributed by atoms with Crippen molar-refractivity contribution in [3.8, 4) is 11.6 Å². The van der Waals surface area contributed by atoms with Gasteiger partial charge in [0.15, 0.2) is 11.5 Å². The van der Waals surface area contributed by atoms with Crippen molar-refractivity contribution in [1.29, 1.82) is 0 Å². The number of ether oxygens (including phenoxy) is 2. The van der Waals surface area contributed by atoms with Crippen molar-refractivity contribution in [2.75, 3.05) is 11.9 Å². The van der Waals surface area contributed by atoms with Crippen LogP contribution in [0.2, 0.25) is 0 Å². The maximum atomic E-state index is 5.99. The summed E-state index contributed by atoms with van der Waals surface area (Å²) in [4.78, 5) is 18.0. The molecule has 1 N–H and O–H groups in total. The van der Waals surface area contributed by atoms with Crippen LogP contribution in [0.15, 0.2) is 66.4 Å². The summed E-state index contributed by atoms with van der Waals surface area (Å²) in [5.41, 5.74) is 4.59. The molecule has 1 fully saturated rings. The first-order chi connectivity index (χ1) is 17.6. The monoisotopic (exact) mass is 478 g/mol. The summed E-state index contributed by atoms with van der Waals surface area (Å²) < 4.78 is 13.6. The van der Waals surface area contributed by atoms with Crippen molar-refractivity contribution >= 4 is 34.0 Å². The van der Waals surface area contributed by atoms with Crippen LogP contribution in [0.3, 0.4) is 0 Å². The molecule has 1 spiro atoms. The van der Waals surface area contributed by atoms with E-state index in [9.17, 15) is 0 Å². The van der Waals surface area contributed by atoms with Crippen molar-refractivity contribution in [2.24, 2.45) is 4.99 Å². The molecule has 0 bridgehead atoms. The lowest BCUT2D eigenvalue weighted by atomic mass is 10.1. The van der Waals surface area contributed by atoms with Gasteiger partial charge in [-0.3, -0.25) is 4.40 Å². The van der Waals surface area contributed by atoms with Gasteiger partial charge in [-0.15, -0.1) is 10.2 Å². The van der Waals surface area contributed by atoms with Gasteiger partial charge in [0.05, 0.1) is 11.1 Å². The molecule has 10 nitrogen and oxygen atoms in total. The molecule has 1 saturated carbocycles. The molecule has 5 aromatic rings. The number of fused-ring (bicyclic) bond motifs is 2. The fourth-order valence-electron chi connectivity index (χ4n) is 4.38. The van der Waals surface area contributed by atoms with Gasteiger partial charge in [-0.2, -0.15) is 0 Å². The normalized spacial score (nSPS) is 15.8. The van der Waals surface area contributed by atoms with Crippen LogP contribution in [-0.2, 0) is 11.2 Å². The Kier molecular flexibility index (Phi) is 4.60. The van der Waals surface area contributed by atoms with Crippen LogP contribution in [0.5, 0.6) is 11.6 Å². The Hall–Kier alpha value is -4.60. The summed E-state index contributed by atoms with van der Waals surface area (Å²) in [5, 5.41) is 12.3. The zero-order valence-corrected chi connectivity index (χ0v) is 19.5. The molecule has 36 heavy (non-hydrogen) atoms. The topological polar surface area (TPSA) is 112 Å². The third-order valence-electron chi connectivity index (χ3n) is 6.57. The van der Waals surface area contributed by atoms with Gasteiger partial charge in [0.1, 0.15) is 37.2 Å². The minimum atomic E-state index is 0.0784. The van der Waals surface area contributed by atoms with Crippen molar-refractivity contribution in [3.05, 3.63) is 72.6 Å². The molecule has 178 valence electrons. The average Bonchev–Trinajstić information content (AvgIpc) is 3.28. The highest BCUT2D eigenvalue weighted by molar-refractivity contribution is 5.92. The molecule has 0 unspecified atom stereocenters. The highest BCUT2D eigenvalue weighted by Crippen LogP contribution is 2.43. The predicted octanol–water partition coefficient (Wildman–Crippen LogP) is 4.42. The zero-order valence-electron chi connectivity index (χ0n) is 19.5. The molecule has 2 aromatic carbocycles. The van der Waals surface area contributed by atoms with Gasteiger partial charge >= 0.3 is 0 Å². The van der Waals surface area contributed by atoms with Crippen LogP contribution in [0, 0.1) is 6.92 Å². The Bertz CT molecular complexity index is 1660. The summed E-state index contributed by atoms with van der Waals surface area (Å²) in [6.45, 7) is 2.71. The number of anilines is 2. The molecule has 0 atom stereocenters. The van der Waals surface area contributed by atoms with Gasteiger partial charge in [-0.05, 0) is 61.2 Å². The predicted molar refractivity (Wildman–Crippen MR) is 134 cm³/mol. The van der Waals surface area contributed by atoms with E-state index >= 15 is 0 Å². The summed E-state index contributed by atoms with van der Waals surface area (Å²) in [7, 11) is 0. The van der Waals surface area contributed by atoms with E-state index in [1.54, 1.807) is 29.4 Å². The Morgan fingerprint density at radius 1 is 1.06 bits per heavy atom. The highest BCUT2D eigenvalue weighted by atomic mass is 16.5. The van der Waals surface area contributed by atoms with Crippen LogP contribution < -0.4 is 10.1 Å². The number of aromatic nitrogens is 6. The van der Waals surface area contributed by atoms with E-state index in [0.29, 0.717) is 23.7 Å². The van der Waals surface area contributed by atoms with Gasteiger partial charge in [-0.25, -0.2) is 19.9 Å². The van der Waals surface area contributed by atoms with Crippen LogP contribution >= 0.6 is 0 Å². The quantitative estimate of drug-likeness (QED) is 0.382. The highest BCUT2D eigenvalue weighted by Gasteiger charge is 2.47. The SMILES string of the molecule is Cc1cc(Nc2ncnc3ccc(CC4=NC5(CC5)CO4)cc23)ccc1Oc1cc2nncn2cn1. The van der Waals surface area contributed by atoms with Crippen molar-refractivity contribution in [1.82, 2.24) is 29.5 Å². The van der Waals surface area contributed by atoms with Crippen molar-refractivity contribution in [3.63, 3.8) is 0 Å². The minimum absolute atomic E-state index is 0.0784. The third-order valence-corrected chi connectivity index (χ3v) is 6.57. The molecule has 1 aliphatic heterocycles. The Morgan fingerprint density at radius 3 is 2.86 bits per heavy atom. The van der Waals surface area contributed by atoms with E-state index in [1.165, 1.54) is 0 Å². The molecular weight excluding hydrogens is 456 g/mol. The molecule has 4 heterocycles. The summed E-state index contributed by atoms with van der Waals surface area (Å²) in [6, 6.07) is 13.8. The second-order valence-electron chi connectivity index (χ2n) is 9.30. The van der Waals surface area contributed by atoms with Crippen molar-refractivity contribution < 1.29 is 9.47 Å². The molecule has 1 aliphatic carbocycles. The lowest BCUT2D eigenvalue weighted by molar-refractivity contribution is 0.305. The minimum Gasteiger partial charge on any atom is -0.478 e. The Balaban J connectivity index is 1.12. The van der Waals surface area contributed by atoms with Gasteiger partial charge in [-0.1, -0.05) is 6.07 Å². The number of hydrogen-bond donors (Lipinski definition) is 1. The fourth-order valence-corrected chi connectivity index (χ4v) is 4.38. The molecule has 2 aliphatic rings. The fraction of sp³-hybridized carbons (Fsp3) is 0.231. The summed E-state index contributed by atoms with van der Waals surface area (Å²) in [5.74, 6) is 2.72. The van der Waals surface area contributed by atoms with E-state index in [4.69, 9.17) is 14.5 Å². The van der Waals surface area contributed by atoms with Crippen LogP contribution in [0.1, 0.15) is 24.0 Å². The molecule has 10 heteroatoms. The number of rotatable bonds is 6. The molecule has 3 aromatic heterocycles. The molecular formula is C26H22N8O2. The van der Waals surface area contributed by atoms with E-state index in [1.807, 2.05) is 31.2 Å². The number of aliphatic imine (C=N–C) groups is 1. The lowest BCUT2D eigenvalue weighted by Gasteiger charge is -2.12. The number of hydrogen-bond acceptors (Lipinski definition) is 9. The lowest BCUT2D eigenvalue weighted by Crippen LogP contribution is -2.06. The van der Waals surface area contributed by atoms with Gasteiger partial charge in [0.2, 0.25) is 5.88 Å². The summed E-state index contributed by atoms with van der Waals surface area (Å²) in [6.07, 6.45) is 7.73. The van der Waals surface area contributed by atoms with Crippen LogP contribution in [0.25, 0.3) is 16.6 Å². The molecule has 7 rings (SSSR count). The third kappa shape index (κ3) is 3.86. The Morgan fingerprint density at radius 2 is 2.00 bits per heavy atom. The smallest absolute Gasteiger partial charge is 0.224 e. The molecule has 0 saturated heterocycles. The largest absolute Gasteiger partial charge is 0.478 e. The number of aryl methyl sites for hydroxylation is 1. The van der Waals surface area contributed by atoms with Crippen LogP contribution in [0.4, 0.5) is 11.5 Å². The standard InChI is InChI=1S/C26H22N8O2/c1-16-8-18(3-5-21(16)36-23-11-22-33-30-15-34(22)14-29-23)31-25-19-9-17(2-4-20(19)27-13-28-25)10-24-32-26(6-7-26)12-35-24/h2-5,8-9,11,13-15H,6-7,10,12H2,1H3,(H,27,28,31). The average molecular weight is 479 g/mol. The van der Waals surface area contributed by atoms with E-state index in [0.717, 1.165) is 58.9 Å². The van der Waals surface area contributed by atoms with Gasteiger partial charge in [0.25, 0.3) is 0 Å². The second kappa shape index (κ2) is 7.98. The van der Waals surface area contributed by atoms with Gasteiger partial charge < -0.3 is 14.8 Å². The first kappa shape index (κ1) is 20.7. The molecule has 0 radical (unpaired) electrons. The second-order valence-corrected chi connectivity index (χ2v) is 9.30. The first-order valence-electron chi connectivity index (χ1n) is 11.8. The van der Waals surface area contributed by atoms with Crippen molar-refractivity contribution in [2.45, 2.75) is 31.7 Å². The maximum absolute atomic E-state index is 5.99. The number of benzene rings is 2. The first-order valence-corrected chi connectivity index (χ1v) is 11.8. The summed E-state index contributed by atoms with van der Waals surface area (Å²) >= 11 is 0. The van der Waals surface area contributed by atoms with Crippen LogP contribution in [-0.4, -0.2) is 47.6 Å². The Labute approximate surface area is 206 Å². The molecule has 0 amide bonds.